The van der Waals surface area contributed by atoms with Crippen molar-refractivity contribution in [3.8, 4) is 17.7 Å². The van der Waals surface area contributed by atoms with Crippen LogP contribution in [0.15, 0.2) is 36.5 Å². The van der Waals surface area contributed by atoms with Crippen LogP contribution in [0.3, 0.4) is 0 Å². The number of ether oxygens (including phenoxy) is 1. The van der Waals surface area contributed by atoms with Gasteiger partial charge in [-0.2, -0.15) is 5.26 Å². The Morgan fingerprint density at radius 2 is 2.03 bits per heavy atom. The molecule has 0 spiro atoms. The zero-order valence-electron chi connectivity index (χ0n) is 16.9. The number of sulfone groups is 1. The van der Waals surface area contributed by atoms with Crippen molar-refractivity contribution in [2.24, 2.45) is 0 Å². The van der Waals surface area contributed by atoms with Crippen LogP contribution in [0.25, 0.3) is 0 Å². The molecule has 6 nitrogen and oxygen atoms in total. The predicted molar refractivity (Wildman–Crippen MR) is 110 cm³/mol. The summed E-state index contributed by atoms with van der Waals surface area (Å²) in [4.78, 5) is 4.01. The minimum absolute atomic E-state index is 0.116. The quantitative estimate of drug-likeness (QED) is 0.632. The zero-order chi connectivity index (χ0) is 21.8. The maximum atomic E-state index is 14.4. The zero-order valence-corrected chi connectivity index (χ0v) is 17.7. The molecule has 1 aromatic heterocycles. The van der Waals surface area contributed by atoms with Gasteiger partial charge in [-0.3, -0.25) is 0 Å². The molecule has 29 heavy (non-hydrogen) atoms. The largest absolute Gasteiger partial charge is 0.439 e. The topological polar surface area (TPSA) is 104 Å². The number of rotatable bonds is 8. The fourth-order valence-corrected chi connectivity index (χ4v) is 4.63. The molecular weight excluding hydrogens is 393 g/mol. The van der Waals surface area contributed by atoms with Crippen LogP contribution < -0.4 is 4.74 Å². The maximum absolute atomic E-state index is 14.4. The van der Waals surface area contributed by atoms with Crippen LogP contribution in [0.1, 0.15) is 51.2 Å². The van der Waals surface area contributed by atoms with Crippen molar-refractivity contribution in [3.63, 3.8) is 0 Å². The van der Waals surface area contributed by atoms with Crippen molar-refractivity contribution in [1.82, 2.24) is 4.98 Å². The molecule has 1 atom stereocenters. The number of aromatic nitrogens is 1. The highest BCUT2D eigenvalue weighted by Gasteiger charge is 2.38. The molecule has 0 bridgehead atoms. The molecule has 1 N–H and O–H groups in total. The highest BCUT2D eigenvalue weighted by molar-refractivity contribution is 7.93. The Balaban J connectivity index is 2.29. The lowest BCUT2D eigenvalue weighted by Gasteiger charge is -2.27. The Hall–Kier alpha value is -2.79. The standard InChI is InChI=1S/C21H24FN3O3S/c1-5-19(24)21(3,4)29(26,27)13-14(2)17-11-16(6-7-18(17)22)28-20-10-15(12-23)8-9-25-20/h6-11,14,24H,5,13H2,1-4H3/t14-/m0/s1. The monoisotopic (exact) mass is 417 g/mol. The molecule has 0 aliphatic carbocycles. The molecule has 1 aromatic carbocycles. The van der Waals surface area contributed by atoms with Gasteiger partial charge in [-0.1, -0.05) is 13.8 Å². The summed E-state index contributed by atoms with van der Waals surface area (Å²) in [5.41, 5.74) is 0.685. The molecule has 0 saturated carbocycles. The van der Waals surface area contributed by atoms with Gasteiger partial charge in [0.2, 0.25) is 5.88 Å². The van der Waals surface area contributed by atoms with Gasteiger partial charge in [-0.05, 0) is 56.0 Å². The molecule has 2 rings (SSSR count). The highest BCUT2D eigenvalue weighted by atomic mass is 32.2. The molecule has 0 amide bonds. The number of nitriles is 1. The fourth-order valence-electron chi connectivity index (χ4n) is 2.86. The Morgan fingerprint density at radius 3 is 2.66 bits per heavy atom. The van der Waals surface area contributed by atoms with Gasteiger partial charge in [0.05, 0.1) is 17.4 Å². The van der Waals surface area contributed by atoms with E-state index in [-0.39, 0.29) is 28.7 Å². The first-order valence-electron chi connectivity index (χ1n) is 9.15. The number of hydrogen-bond acceptors (Lipinski definition) is 6. The van der Waals surface area contributed by atoms with E-state index in [4.69, 9.17) is 15.4 Å². The number of halogens is 1. The predicted octanol–water partition coefficient (Wildman–Crippen LogP) is 4.61. The average molecular weight is 418 g/mol. The van der Waals surface area contributed by atoms with Crippen molar-refractivity contribution in [1.29, 1.82) is 10.7 Å². The van der Waals surface area contributed by atoms with Crippen molar-refractivity contribution in [2.45, 2.75) is 44.8 Å². The normalized spacial score (nSPS) is 12.8. The van der Waals surface area contributed by atoms with Crippen LogP contribution in [-0.2, 0) is 9.84 Å². The molecule has 0 aliphatic heterocycles. The van der Waals surface area contributed by atoms with Crippen molar-refractivity contribution in [3.05, 3.63) is 53.5 Å². The third-order valence-corrected chi connectivity index (χ3v) is 7.65. The van der Waals surface area contributed by atoms with E-state index >= 15 is 0 Å². The summed E-state index contributed by atoms with van der Waals surface area (Å²) in [5, 5.41) is 16.9. The summed E-state index contributed by atoms with van der Waals surface area (Å²) in [6.07, 6.45) is 1.76. The third-order valence-electron chi connectivity index (χ3n) is 4.91. The van der Waals surface area contributed by atoms with Crippen molar-refractivity contribution in [2.75, 3.05) is 5.75 Å². The molecule has 8 heteroatoms. The lowest BCUT2D eigenvalue weighted by atomic mass is 10.0. The maximum Gasteiger partial charge on any atom is 0.220 e. The molecule has 0 aliphatic rings. The van der Waals surface area contributed by atoms with Gasteiger partial charge in [-0.15, -0.1) is 0 Å². The van der Waals surface area contributed by atoms with E-state index in [2.05, 4.69) is 4.98 Å². The minimum Gasteiger partial charge on any atom is -0.439 e. The van der Waals surface area contributed by atoms with Crippen LogP contribution in [0.5, 0.6) is 11.6 Å². The third kappa shape index (κ3) is 4.98. The van der Waals surface area contributed by atoms with Crippen LogP contribution in [0, 0.1) is 22.6 Å². The Labute approximate surface area is 170 Å². The Bertz CT molecular complexity index is 1060. The SMILES string of the molecule is CCC(=N)C(C)(C)S(=O)(=O)C[C@H](C)c1cc(Oc2cc(C#N)ccn2)ccc1F. The van der Waals surface area contributed by atoms with Crippen LogP contribution in [0.4, 0.5) is 4.39 Å². The van der Waals surface area contributed by atoms with E-state index in [0.29, 0.717) is 12.0 Å². The molecule has 154 valence electrons. The number of nitrogens with one attached hydrogen (secondary N) is 1. The van der Waals surface area contributed by atoms with Gasteiger partial charge in [0.15, 0.2) is 9.84 Å². The number of benzene rings is 1. The fraction of sp³-hybridized carbons (Fsp3) is 0.381. The lowest BCUT2D eigenvalue weighted by molar-refractivity contribution is 0.459. The van der Waals surface area contributed by atoms with E-state index in [0.717, 1.165) is 0 Å². The first kappa shape index (κ1) is 22.5. The molecular formula is C21H24FN3O3S. The van der Waals surface area contributed by atoms with E-state index in [9.17, 15) is 12.8 Å². The summed E-state index contributed by atoms with van der Waals surface area (Å²) in [7, 11) is -3.70. The second-order valence-electron chi connectivity index (χ2n) is 7.30. The van der Waals surface area contributed by atoms with E-state index in [1.165, 1.54) is 50.4 Å². The molecule has 0 unspecified atom stereocenters. The van der Waals surface area contributed by atoms with Gasteiger partial charge in [0, 0.05) is 18.0 Å². The van der Waals surface area contributed by atoms with Crippen molar-refractivity contribution < 1.29 is 17.5 Å². The van der Waals surface area contributed by atoms with Gasteiger partial charge in [-0.25, -0.2) is 17.8 Å². The number of nitrogens with zero attached hydrogens (tertiary/aromatic N) is 2. The van der Waals surface area contributed by atoms with Gasteiger partial charge >= 0.3 is 0 Å². The minimum atomic E-state index is -3.70. The van der Waals surface area contributed by atoms with Crippen molar-refractivity contribution >= 4 is 15.5 Å². The first-order valence-corrected chi connectivity index (χ1v) is 10.8. The van der Waals surface area contributed by atoms with Gasteiger partial charge < -0.3 is 10.1 Å². The number of pyridine rings is 1. The summed E-state index contributed by atoms with van der Waals surface area (Å²) in [5.74, 6) is -1.02. The molecule has 0 radical (unpaired) electrons. The van der Waals surface area contributed by atoms with E-state index in [1.807, 2.05) is 6.07 Å². The smallest absolute Gasteiger partial charge is 0.220 e. The summed E-state index contributed by atoms with van der Waals surface area (Å²) >= 11 is 0. The van der Waals surface area contributed by atoms with Gasteiger partial charge in [0.1, 0.15) is 16.3 Å². The van der Waals surface area contributed by atoms with Crippen LogP contribution in [0.2, 0.25) is 0 Å². The number of hydrogen-bond donors (Lipinski definition) is 1. The molecule has 0 fully saturated rings. The van der Waals surface area contributed by atoms with E-state index in [1.54, 1.807) is 13.8 Å². The van der Waals surface area contributed by atoms with E-state index < -0.39 is 26.3 Å². The second-order valence-corrected chi connectivity index (χ2v) is 9.89. The van der Waals surface area contributed by atoms with Crippen LogP contribution in [-0.4, -0.2) is 29.6 Å². The summed E-state index contributed by atoms with van der Waals surface area (Å²) < 4.78 is 44.4. The van der Waals surface area contributed by atoms with Gasteiger partial charge in [0.25, 0.3) is 0 Å². The Kier molecular flexibility index (Phi) is 6.75. The average Bonchev–Trinajstić information content (AvgIpc) is 2.68. The highest BCUT2D eigenvalue weighted by Crippen LogP contribution is 2.31. The molecule has 1 heterocycles. The first-order chi connectivity index (χ1) is 13.5. The second kappa shape index (κ2) is 8.70. The Morgan fingerprint density at radius 1 is 1.34 bits per heavy atom. The summed E-state index contributed by atoms with van der Waals surface area (Å²) in [6, 6.07) is 9.03. The van der Waals surface area contributed by atoms with Crippen LogP contribution >= 0.6 is 0 Å². The lowest BCUT2D eigenvalue weighted by Crippen LogP contribution is -2.42. The molecule has 2 aromatic rings. The summed E-state index contributed by atoms with van der Waals surface area (Å²) in [6.45, 7) is 6.37. The molecule has 0 saturated heterocycles.